The van der Waals surface area contributed by atoms with Gasteiger partial charge < -0.3 is 5.32 Å². The SMILES string of the molecule is O=C(CN1CCN(S(=O)(=O)/C=C/c2ccccc2)CC1)NCc1ccc(F)cc1. The molecule has 1 heterocycles. The molecule has 29 heavy (non-hydrogen) atoms. The molecular formula is C21H24FN3O3S. The molecule has 1 amide bonds. The van der Waals surface area contributed by atoms with Crippen LogP contribution < -0.4 is 5.32 Å². The molecule has 8 heteroatoms. The van der Waals surface area contributed by atoms with Crippen LogP contribution >= 0.6 is 0 Å². The molecule has 1 N–H and O–H groups in total. The topological polar surface area (TPSA) is 69.7 Å². The molecular weight excluding hydrogens is 393 g/mol. The van der Waals surface area contributed by atoms with Gasteiger partial charge in [0.05, 0.1) is 6.54 Å². The number of carbonyl (C=O) groups excluding carboxylic acids is 1. The predicted molar refractivity (Wildman–Crippen MR) is 111 cm³/mol. The van der Waals surface area contributed by atoms with Crippen LogP contribution in [0.5, 0.6) is 0 Å². The van der Waals surface area contributed by atoms with Crippen LogP contribution in [-0.2, 0) is 21.4 Å². The van der Waals surface area contributed by atoms with Crippen molar-refractivity contribution in [3.8, 4) is 0 Å². The lowest BCUT2D eigenvalue weighted by molar-refractivity contribution is -0.122. The average molecular weight is 418 g/mol. The van der Waals surface area contributed by atoms with Crippen LogP contribution in [0.1, 0.15) is 11.1 Å². The molecule has 1 fully saturated rings. The molecule has 0 unspecified atom stereocenters. The Labute approximate surface area is 170 Å². The summed E-state index contributed by atoms with van der Waals surface area (Å²) in [5, 5.41) is 4.03. The minimum absolute atomic E-state index is 0.144. The molecule has 0 aromatic heterocycles. The van der Waals surface area contributed by atoms with Crippen LogP contribution in [0.15, 0.2) is 60.0 Å². The fourth-order valence-corrected chi connectivity index (χ4v) is 4.19. The van der Waals surface area contributed by atoms with Crippen molar-refractivity contribution in [1.29, 1.82) is 0 Å². The number of hydrogen-bond acceptors (Lipinski definition) is 4. The van der Waals surface area contributed by atoms with E-state index in [0.717, 1.165) is 11.1 Å². The van der Waals surface area contributed by atoms with Gasteiger partial charge in [0.15, 0.2) is 0 Å². The molecule has 154 valence electrons. The highest BCUT2D eigenvalue weighted by Crippen LogP contribution is 2.11. The zero-order valence-corrected chi connectivity index (χ0v) is 16.8. The molecule has 1 aliphatic rings. The van der Waals surface area contributed by atoms with Gasteiger partial charge in [-0.3, -0.25) is 9.69 Å². The lowest BCUT2D eigenvalue weighted by atomic mass is 10.2. The van der Waals surface area contributed by atoms with Crippen LogP contribution in [0.25, 0.3) is 6.08 Å². The summed E-state index contributed by atoms with van der Waals surface area (Å²) in [6, 6.07) is 15.2. The van der Waals surface area contributed by atoms with Gasteiger partial charge in [-0.25, -0.2) is 12.8 Å². The van der Waals surface area contributed by atoms with Crippen molar-refractivity contribution in [3.05, 3.63) is 76.9 Å². The average Bonchev–Trinajstić information content (AvgIpc) is 2.73. The Hall–Kier alpha value is -2.55. The molecule has 0 saturated carbocycles. The van der Waals surface area contributed by atoms with Crippen molar-refractivity contribution in [2.75, 3.05) is 32.7 Å². The van der Waals surface area contributed by atoms with Gasteiger partial charge in [-0.1, -0.05) is 42.5 Å². The van der Waals surface area contributed by atoms with E-state index in [-0.39, 0.29) is 18.3 Å². The normalized spacial score (nSPS) is 16.2. The second-order valence-electron chi connectivity index (χ2n) is 6.84. The summed E-state index contributed by atoms with van der Waals surface area (Å²) in [5.41, 5.74) is 1.65. The third kappa shape index (κ3) is 6.49. The largest absolute Gasteiger partial charge is 0.351 e. The summed E-state index contributed by atoms with van der Waals surface area (Å²) >= 11 is 0. The summed E-state index contributed by atoms with van der Waals surface area (Å²) in [6.45, 7) is 2.19. The van der Waals surface area contributed by atoms with Crippen molar-refractivity contribution in [3.63, 3.8) is 0 Å². The number of carbonyl (C=O) groups is 1. The number of hydrogen-bond donors (Lipinski definition) is 1. The maximum absolute atomic E-state index is 12.9. The monoisotopic (exact) mass is 417 g/mol. The molecule has 0 aliphatic carbocycles. The van der Waals surface area contributed by atoms with Crippen molar-refractivity contribution in [2.24, 2.45) is 0 Å². The van der Waals surface area contributed by atoms with Crippen LogP contribution in [0.4, 0.5) is 4.39 Å². The van der Waals surface area contributed by atoms with E-state index in [2.05, 4.69) is 5.32 Å². The van der Waals surface area contributed by atoms with Gasteiger partial charge in [0.25, 0.3) is 0 Å². The minimum atomic E-state index is -3.49. The first-order valence-electron chi connectivity index (χ1n) is 9.39. The molecule has 3 rings (SSSR count). The third-order valence-electron chi connectivity index (χ3n) is 4.69. The van der Waals surface area contributed by atoms with E-state index in [1.54, 1.807) is 18.2 Å². The van der Waals surface area contributed by atoms with E-state index in [1.165, 1.54) is 21.8 Å². The second kappa shape index (κ2) is 9.78. The summed E-state index contributed by atoms with van der Waals surface area (Å²) in [5.74, 6) is -0.457. The molecule has 1 saturated heterocycles. The van der Waals surface area contributed by atoms with Crippen molar-refractivity contribution in [2.45, 2.75) is 6.54 Å². The smallest absolute Gasteiger partial charge is 0.236 e. The fraction of sp³-hybridized carbons (Fsp3) is 0.286. The Morgan fingerprint density at radius 2 is 1.66 bits per heavy atom. The van der Waals surface area contributed by atoms with Gasteiger partial charge >= 0.3 is 0 Å². The first kappa shape index (κ1) is 21.2. The molecule has 1 aliphatic heterocycles. The maximum Gasteiger partial charge on any atom is 0.236 e. The van der Waals surface area contributed by atoms with Crippen LogP contribution in [0.3, 0.4) is 0 Å². The van der Waals surface area contributed by atoms with Gasteiger partial charge in [-0.05, 0) is 29.3 Å². The van der Waals surface area contributed by atoms with Crippen molar-refractivity contribution < 1.29 is 17.6 Å². The number of nitrogens with zero attached hydrogens (tertiary/aromatic N) is 2. The minimum Gasteiger partial charge on any atom is -0.351 e. The quantitative estimate of drug-likeness (QED) is 0.749. The van der Waals surface area contributed by atoms with Gasteiger partial charge in [0, 0.05) is 38.1 Å². The molecule has 0 radical (unpaired) electrons. The molecule has 2 aromatic carbocycles. The van der Waals surface area contributed by atoms with Crippen LogP contribution in [0.2, 0.25) is 0 Å². The second-order valence-corrected chi connectivity index (χ2v) is 8.66. The number of halogens is 1. The number of benzene rings is 2. The fourth-order valence-electron chi connectivity index (χ4n) is 3.02. The molecule has 0 atom stereocenters. The zero-order chi connectivity index (χ0) is 20.7. The summed E-state index contributed by atoms with van der Waals surface area (Å²) in [4.78, 5) is 14.0. The van der Waals surface area contributed by atoms with Crippen molar-refractivity contribution in [1.82, 2.24) is 14.5 Å². The zero-order valence-electron chi connectivity index (χ0n) is 16.0. The van der Waals surface area contributed by atoms with E-state index in [9.17, 15) is 17.6 Å². The highest BCUT2D eigenvalue weighted by molar-refractivity contribution is 7.92. The third-order valence-corrected chi connectivity index (χ3v) is 6.26. The Balaban J connectivity index is 1.44. The predicted octanol–water partition coefficient (Wildman–Crippen LogP) is 2.06. The molecule has 6 nitrogen and oxygen atoms in total. The molecule has 0 bridgehead atoms. The summed E-state index contributed by atoms with van der Waals surface area (Å²) in [6.07, 6.45) is 1.59. The number of rotatable bonds is 7. The van der Waals surface area contributed by atoms with Gasteiger partial charge in [-0.2, -0.15) is 4.31 Å². The van der Waals surface area contributed by atoms with Crippen LogP contribution in [-0.4, -0.2) is 56.3 Å². The Morgan fingerprint density at radius 1 is 1.00 bits per heavy atom. The Morgan fingerprint density at radius 3 is 2.31 bits per heavy atom. The summed E-state index contributed by atoms with van der Waals surface area (Å²) in [7, 11) is -3.49. The highest BCUT2D eigenvalue weighted by Gasteiger charge is 2.25. The van der Waals surface area contributed by atoms with E-state index < -0.39 is 10.0 Å². The van der Waals surface area contributed by atoms with E-state index >= 15 is 0 Å². The first-order chi connectivity index (χ1) is 13.9. The van der Waals surface area contributed by atoms with Crippen LogP contribution in [0, 0.1) is 5.82 Å². The van der Waals surface area contributed by atoms with Gasteiger partial charge in [0.1, 0.15) is 5.82 Å². The van der Waals surface area contributed by atoms with E-state index in [0.29, 0.717) is 32.7 Å². The number of amides is 1. The number of piperazine rings is 1. The lowest BCUT2D eigenvalue weighted by Crippen LogP contribution is -2.50. The number of sulfonamides is 1. The van der Waals surface area contributed by atoms with Crippen molar-refractivity contribution >= 4 is 22.0 Å². The van der Waals surface area contributed by atoms with E-state index in [4.69, 9.17) is 0 Å². The maximum atomic E-state index is 12.9. The molecule has 0 spiro atoms. The standard InChI is InChI=1S/C21H24FN3O3S/c22-20-8-6-19(7-9-20)16-23-21(26)17-24-11-13-25(14-12-24)29(27,28)15-10-18-4-2-1-3-5-18/h1-10,15H,11-14,16-17H2,(H,23,26)/b15-10+. The lowest BCUT2D eigenvalue weighted by Gasteiger charge is -2.32. The van der Waals surface area contributed by atoms with Gasteiger partial charge in [0.2, 0.25) is 15.9 Å². The number of nitrogens with one attached hydrogen (secondary N) is 1. The first-order valence-corrected chi connectivity index (χ1v) is 10.9. The van der Waals surface area contributed by atoms with E-state index in [1.807, 2.05) is 35.2 Å². The summed E-state index contributed by atoms with van der Waals surface area (Å²) < 4.78 is 39.3. The van der Waals surface area contributed by atoms with Gasteiger partial charge in [-0.15, -0.1) is 0 Å². The molecule has 2 aromatic rings. The Bertz CT molecular complexity index is 939. The Kier molecular flexibility index (Phi) is 7.13. The highest BCUT2D eigenvalue weighted by atomic mass is 32.2.